The van der Waals surface area contributed by atoms with E-state index in [1.165, 1.54) is 22.9 Å². The Morgan fingerprint density at radius 2 is 2.27 bits per heavy atom. The first-order chi connectivity index (χ1) is 10.5. The van der Waals surface area contributed by atoms with Crippen LogP contribution in [0.15, 0.2) is 29.2 Å². The predicted molar refractivity (Wildman–Crippen MR) is 88.1 cm³/mol. The molecule has 118 valence electrons. The number of nitrogens with one attached hydrogen (secondary N) is 1. The van der Waals surface area contributed by atoms with Crippen molar-refractivity contribution in [3.8, 4) is 0 Å². The zero-order valence-corrected chi connectivity index (χ0v) is 14.1. The summed E-state index contributed by atoms with van der Waals surface area (Å²) >= 11 is 1.72. The highest BCUT2D eigenvalue weighted by Crippen LogP contribution is 2.23. The summed E-state index contributed by atoms with van der Waals surface area (Å²) in [4.78, 5) is 6.67. The van der Waals surface area contributed by atoms with Gasteiger partial charge in [-0.2, -0.15) is 11.3 Å². The minimum Gasteiger partial charge on any atom is -0.294 e. The van der Waals surface area contributed by atoms with Gasteiger partial charge in [-0.15, -0.1) is 0 Å². The predicted octanol–water partition coefficient (Wildman–Crippen LogP) is 1.75. The van der Waals surface area contributed by atoms with Crippen molar-refractivity contribution in [1.29, 1.82) is 0 Å². The molecule has 0 amide bonds. The average Bonchev–Trinajstić information content (AvgIpc) is 2.97. The Bertz CT molecular complexity index is 742. The summed E-state index contributed by atoms with van der Waals surface area (Å²) in [7, 11) is -3.18. The van der Waals surface area contributed by atoms with Gasteiger partial charge in [-0.25, -0.2) is 13.1 Å². The number of hydrogen-bond donors (Lipinski definition) is 1. The SMILES string of the molecule is CS(=O)(=O)NCc1cncc2c1CCN(Cc1ccsc1)C2. The van der Waals surface area contributed by atoms with Crippen LogP contribution >= 0.6 is 11.3 Å². The highest BCUT2D eigenvalue weighted by Gasteiger charge is 2.19. The number of fused-ring (bicyclic) bond motifs is 1. The number of rotatable bonds is 5. The standard InChI is InChI=1S/C15H19N3O2S2/c1-22(19,20)17-8-13-6-16-7-14-10-18(4-2-15(13)14)9-12-3-5-21-11-12/h3,5-7,11,17H,2,4,8-10H2,1H3. The second-order valence-corrected chi connectivity index (χ2v) is 8.23. The van der Waals surface area contributed by atoms with Crippen molar-refractivity contribution < 1.29 is 8.42 Å². The monoisotopic (exact) mass is 337 g/mol. The number of thiophene rings is 1. The molecule has 22 heavy (non-hydrogen) atoms. The van der Waals surface area contributed by atoms with Crippen molar-refractivity contribution in [1.82, 2.24) is 14.6 Å². The smallest absolute Gasteiger partial charge is 0.209 e. The number of aromatic nitrogens is 1. The lowest BCUT2D eigenvalue weighted by molar-refractivity contribution is 0.245. The second-order valence-electron chi connectivity index (χ2n) is 5.62. The van der Waals surface area contributed by atoms with Gasteiger partial charge in [-0.1, -0.05) is 0 Å². The summed E-state index contributed by atoms with van der Waals surface area (Å²) in [6.07, 6.45) is 5.78. The van der Waals surface area contributed by atoms with Crippen LogP contribution in [0.3, 0.4) is 0 Å². The molecule has 0 fully saturated rings. The fourth-order valence-corrected chi connectivity index (χ4v) is 3.84. The van der Waals surface area contributed by atoms with Crippen molar-refractivity contribution in [2.75, 3.05) is 12.8 Å². The molecule has 7 heteroatoms. The normalized spacial score (nSPS) is 15.7. The maximum absolute atomic E-state index is 11.3. The van der Waals surface area contributed by atoms with Gasteiger partial charge in [0.25, 0.3) is 0 Å². The topological polar surface area (TPSA) is 62.3 Å². The van der Waals surface area contributed by atoms with Gasteiger partial charge >= 0.3 is 0 Å². The first kappa shape index (κ1) is 15.6. The first-order valence-corrected chi connectivity index (χ1v) is 9.97. The summed E-state index contributed by atoms with van der Waals surface area (Å²) in [6, 6.07) is 2.16. The average molecular weight is 337 g/mol. The van der Waals surface area contributed by atoms with E-state index in [2.05, 4.69) is 31.4 Å². The molecule has 0 bridgehead atoms. The van der Waals surface area contributed by atoms with E-state index >= 15 is 0 Å². The molecule has 0 atom stereocenters. The summed E-state index contributed by atoms with van der Waals surface area (Å²) in [5.41, 5.74) is 4.77. The van der Waals surface area contributed by atoms with Crippen LogP contribution in [-0.2, 0) is 36.1 Å². The van der Waals surface area contributed by atoms with E-state index in [9.17, 15) is 8.42 Å². The first-order valence-electron chi connectivity index (χ1n) is 7.14. The molecule has 0 saturated carbocycles. The Hall–Kier alpha value is -1.28. The number of sulfonamides is 1. The largest absolute Gasteiger partial charge is 0.294 e. The van der Waals surface area contributed by atoms with E-state index in [0.29, 0.717) is 6.54 Å². The van der Waals surface area contributed by atoms with Gasteiger partial charge in [0.2, 0.25) is 10.0 Å². The van der Waals surface area contributed by atoms with Gasteiger partial charge in [-0.3, -0.25) is 9.88 Å². The zero-order chi connectivity index (χ0) is 15.6. The van der Waals surface area contributed by atoms with Crippen LogP contribution in [0, 0.1) is 0 Å². The molecular formula is C15H19N3O2S2. The van der Waals surface area contributed by atoms with Crippen LogP contribution in [0.1, 0.15) is 22.3 Å². The van der Waals surface area contributed by atoms with Crippen LogP contribution in [-0.4, -0.2) is 31.1 Å². The van der Waals surface area contributed by atoms with Crippen LogP contribution in [0.4, 0.5) is 0 Å². The summed E-state index contributed by atoms with van der Waals surface area (Å²) in [6.45, 7) is 3.12. The molecule has 5 nitrogen and oxygen atoms in total. The van der Waals surface area contributed by atoms with Gasteiger partial charge in [0.05, 0.1) is 6.26 Å². The van der Waals surface area contributed by atoms with Gasteiger partial charge in [0, 0.05) is 38.6 Å². The maximum atomic E-state index is 11.3. The summed E-state index contributed by atoms with van der Waals surface area (Å²) in [5, 5.41) is 4.28. The lowest BCUT2D eigenvalue weighted by Crippen LogP contribution is -2.31. The molecule has 1 aliphatic heterocycles. The van der Waals surface area contributed by atoms with E-state index < -0.39 is 10.0 Å². The van der Waals surface area contributed by atoms with E-state index in [0.717, 1.165) is 31.6 Å². The Kier molecular flexibility index (Phi) is 4.58. The molecule has 1 aliphatic rings. The maximum Gasteiger partial charge on any atom is 0.209 e. The molecule has 0 spiro atoms. The Balaban J connectivity index is 1.72. The molecular weight excluding hydrogens is 318 g/mol. The highest BCUT2D eigenvalue weighted by molar-refractivity contribution is 7.88. The molecule has 0 radical (unpaired) electrons. The number of nitrogens with zero attached hydrogens (tertiary/aromatic N) is 2. The minimum atomic E-state index is -3.18. The highest BCUT2D eigenvalue weighted by atomic mass is 32.2. The quantitative estimate of drug-likeness (QED) is 0.903. The molecule has 0 aliphatic carbocycles. The molecule has 1 N–H and O–H groups in total. The third-order valence-electron chi connectivity index (χ3n) is 3.82. The van der Waals surface area contributed by atoms with Crippen LogP contribution in [0.2, 0.25) is 0 Å². The molecule has 0 saturated heterocycles. The van der Waals surface area contributed by atoms with Gasteiger partial charge in [-0.05, 0) is 45.5 Å². The van der Waals surface area contributed by atoms with Crippen LogP contribution in [0.5, 0.6) is 0 Å². The second kappa shape index (κ2) is 6.45. The van der Waals surface area contributed by atoms with Crippen molar-refractivity contribution in [3.05, 3.63) is 51.5 Å². The zero-order valence-electron chi connectivity index (χ0n) is 12.4. The Morgan fingerprint density at radius 3 is 3.00 bits per heavy atom. The van der Waals surface area contributed by atoms with Crippen molar-refractivity contribution in [3.63, 3.8) is 0 Å². The number of hydrogen-bond acceptors (Lipinski definition) is 5. The van der Waals surface area contributed by atoms with Crippen LogP contribution in [0.25, 0.3) is 0 Å². The van der Waals surface area contributed by atoms with E-state index in [4.69, 9.17) is 0 Å². The van der Waals surface area contributed by atoms with Crippen molar-refractivity contribution in [2.45, 2.75) is 26.1 Å². The third-order valence-corrected chi connectivity index (χ3v) is 5.22. The van der Waals surface area contributed by atoms with Gasteiger partial charge in [0.15, 0.2) is 0 Å². The van der Waals surface area contributed by atoms with Gasteiger partial charge in [0.1, 0.15) is 0 Å². The van der Waals surface area contributed by atoms with Crippen molar-refractivity contribution >= 4 is 21.4 Å². The Morgan fingerprint density at radius 1 is 1.41 bits per heavy atom. The minimum absolute atomic E-state index is 0.319. The summed E-state index contributed by atoms with van der Waals surface area (Å²) in [5.74, 6) is 0. The van der Waals surface area contributed by atoms with Crippen LogP contribution < -0.4 is 4.72 Å². The van der Waals surface area contributed by atoms with E-state index in [1.54, 1.807) is 17.5 Å². The van der Waals surface area contributed by atoms with Gasteiger partial charge < -0.3 is 0 Å². The number of pyridine rings is 1. The fraction of sp³-hybridized carbons (Fsp3) is 0.400. The molecule has 3 rings (SSSR count). The van der Waals surface area contributed by atoms with Crippen molar-refractivity contribution in [2.24, 2.45) is 0 Å². The molecule has 2 aromatic heterocycles. The summed E-state index contributed by atoms with van der Waals surface area (Å²) < 4.78 is 25.1. The van der Waals surface area contributed by atoms with E-state index in [1.807, 2.05) is 6.20 Å². The lowest BCUT2D eigenvalue weighted by atomic mass is 9.97. The molecule has 2 aromatic rings. The lowest BCUT2D eigenvalue weighted by Gasteiger charge is -2.29. The molecule has 0 unspecified atom stereocenters. The fourth-order valence-electron chi connectivity index (χ4n) is 2.76. The molecule has 0 aromatic carbocycles. The Labute approximate surface area is 135 Å². The third kappa shape index (κ3) is 3.92. The molecule has 3 heterocycles. The van der Waals surface area contributed by atoms with E-state index in [-0.39, 0.29) is 0 Å².